The van der Waals surface area contributed by atoms with Crippen LogP contribution in [0.25, 0.3) is 0 Å². The van der Waals surface area contributed by atoms with Gasteiger partial charge in [-0.2, -0.15) is 0 Å². The number of hydrogen-bond acceptors (Lipinski definition) is 9. The van der Waals surface area contributed by atoms with Crippen LogP contribution in [0.4, 0.5) is 0 Å². The van der Waals surface area contributed by atoms with E-state index in [1.807, 2.05) is 12.2 Å². The fourth-order valence-corrected chi connectivity index (χ4v) is 6.48. The van der Waals surface area contributed by atoms with Crippen molar-refractivity contribution in [3.63, 3.8) is 0 Å². The number of carbonyl (C=O) groups is 2. The van der Waals surface area contributed by atoms with E-state index < -0.39 is 51.8 Å². The molecule has 0 aliphatic heterocycles. The number of phosphoric acid groups is 1. The van der Waals surface area contributed by atoms with E-state index in [0.717, 1.165) is 38.5 Å². The third-order valence-corrected chi connectivity index (χ3v) is 10.1. The Morgan fingerprint density at radius 2 is 0.912 bits per heavy atom. The van der Waals surface area contributed by atoms with Gasteiger partial charge in [-0.15, -0.1) is 0 Å². The van der Waals surface area contributed by atoms with Crippen LogP contribution in [-0.2, 0) is 32.7 Å². The van der Waals surface area contributed by atoms with Crippen LogP contribution in [0, 0.1) is 0 Å². The first-order valence-electron chi connectivity index (χ1n) is 22.2. The van der Waals surface area contributed by atoms with Crippen molar-refractivity contribution in [2.24, 2.45) is 0 Å². The van der Waals surface area contributed by atoms with Gasteiger partial charge in [0.25, 0.3) is 0 Å². The Bertz CT molecular complexity index is 1130. The molecule has 1 unspecified atom stereocenters. The minimum Gasteiger partial charge on any atom is -0.462 e. The van der Waals surface area contributed by atoms with Gasteiger partial charge in [-0.1, -0.05) is 158 Å². The van der Waals surface area contributed by atoms with Crippen LogP contribution >= 0.6 is 7.82 Å². The number of esters is 2. The second-order valence-electron chi connectivity index (χ2n) is 14.7. The van der Waals surface area contributed by atoms with Crippen LogP contribution in [0.5, 0.6) is 0 Å². The Morgan fingerprint density at radius 1 is 0.526 bits per heavy atom. The minimum atomic E-state index is -4.64. The third kappa shape index (κ3) is 41.6. The van der Waals surface area contributed by atoms with Crippen LogP contribution in [0.1, 0.15) is 181 Å². The molecule has 0 spiro atoms. The van der Waals surface area contributed by atoms with Gasteiger partial charge >= 0.3 is 19.8 Å². The number of unbranched alkanes of at least 4 members (excludes halogenated alkanes) is 17. The van der Waals surface area contributed by atoms with Crippen molar-refractivity contribution in [3.8, 4) is 0 Å². The van der Waals surface area contributed by atoms with Gasteiger partial charge in [0, 0.05) is 12.8 Å². The Labute approximate surface area is 346 Å². The summed E-state index contributed by atoms with van der Waals surface area (Å²) in [5, 5.41) is 18.3. The van der Waals surface area contributed by atoms with Crippen LogP contribution in [0.3, 0.4) is 0 Å². The number of allylic oxidation sites excluding steroid dienone is 10. The Morgan fingerprint density at radius 3 is 1.37 bits per heavy atom. The van der Waals surface area contributed by atoms with Crippen LogP contribution in [0.2, 0.25) is 0 Å². The molecule has 3 atom stereocenters. The summed E-state index contributed by atoms with van der Waals surface area (Å²) in [6.07, 6.45) is 46.3. The van der Waals surface area contributed by atoms with Gasteiger partial charge in [-0.25, -0.2) is 4.57 Å². The number of aliphatic hydroxyl groups is 2. The predicted molar refractivity (Wildman–Crippen MR) is 233 cm³/mol. The van der Waals surface area contributed by atoms with Crippen molar-refractivity contribution in [1.82, 2.24) is 0 Å². The van der Waals surface area contributed by atoms with Crippen LogP contribution < -0.4 is 0 Å². The first kappa shape index (κ1) is 54.7. The standard InChI is InChI=1S/C46H81O10P/c1-3-5-7-9-11-13-15-17-19-21-23-25-27-29-31-33-35-37-45(49)53-41-44(42-55-57(51,52)54-40-43(48)39-47)56-46(50)38-36-34-32-30-28-26-24-22-20-18-16-14-12-10-8-6-4-2/h18,20,23-26,29-32,43-44,47-48H,3-17,19,21-22,27-28,33-42H2,1-2H3,(H,51,52)/b20-18+,25-23+,26-24+,31-29+,32-30+/t43-,44+/m0/s1. The van der Waals surface area contributed by atoms with E-state index in [-0.39, 0.29) is 19.4 Å². The largest absolute Gasteiger partial charge is 0.472 e. The number of carbonyl (C=O) groups excluding carboxylic acids is 2. The van der Waals surface area contributed by atoms with Gasteiger partial charge in [0.05, 0.1) is 19.8 Å². The van der Waals surface area contributed by atoms with Crippen molar-refractivity contribution < 1.29 is 47.8 Å². The predicted octanol–water partition coefficient (Wildman–Crippen LogP) is 11.9. The van der Waals surface area contributed by atoms with E-state index in [4.69, 9.17) is 19.1 Å². The zero-order valence-electron chi connectivity index (χ0n) is 35.8. The molecule has 0 aliphatic rings. The Hall–Kier alpha value is -2.33. The van der Waals surface area contributed by atoms with E-state index in [1.54, 1.807) is 0 Å². The SMILES string of the molecule is CCCCCCCC/C=C/C/C=C/C/C=C/CCCC(=O)O[C@H](COC(=O)CCC/C=C/C/C=C/CCCCCCCCCCC)COP(=O)(O)OC[C@@H](O)CO. The molecule has 0 aromatic heterocycles. The normalized spacial score (nSPS) is 14.4. The van der Waals surface area contributed by atoms with Gasteiger partial charge in [0.1, 0.15) is 12.7 Å². The molecule has 3 N–H and O–H groups in total. The van der Waals surface area contributed by atoms with E-state index in [0.29, 0.717) is 19.3 Å². The summed E-state index contributed by atoms with van der Waals surface area (Å²) in [6, 6.07) is 0. The molecule has 0 aromatic rings. The van der Waals surface area contributed by atoms with E-state index >= 15 is 0 Å². The van der Waals surface area contributed by atoms with Crippen molar-refractivity contribution in [3.05, 3.63) is 60.8 Å². The molecule has 0 saturated carbocycles. The summed E-state index contributed by atoms with van der Waals surface area (Å²) in [5.74, 6) is -1.04. The maximum absolute atomic E-state index is 12.6. The maximum Gasteiger partial charge on any atom is 0.472 e. The van der Waals surface area contributed by atoms with E-state index in [9.17, 15) is 24.2 Å². The monoisotopic (exact) mass is 825 g/mol. The molecule has 0 saturated heterocycles. The number of ether oxygens (including phenoxy) is 2. The highest BCUT2D eigenvalue weighted by atomic mass is 31.2. The topological polar surface area (TPSA) is 149 Å². The first-order valence-corrected chi connectivity index (χ1v) is 23.7. The van der Waals surface area contributed by atoms with Gasteiger partial charge in [-0.05, 0) is 70.6 Å². The lowest BCUT2D eigenvalue weighted by atomic mass is 10.1. The number of aliphatic hydroxyl groups excluding tert-OH is 2. The lowest BCUT2D eigenvalue weighted by Gasteiger charge is -2.20. The van der Waals surface area contributed by atoms with Crippen LogP contribution in [0.15, 0.2) is 60.8 Å². The van der Waals surface area contributed by atoms with Crippen molar-refractivity contribution in [2.45, 2.75) is 193 Å². The number of hydrogen-bond donors (Lipinski definition) is 3. The number of rotatable bonds is 41. The zero-order chi connectivity index (χ0) is 41.9. The molecule has 0 aromatic carbocycles. The van der Waals surface area contributed by atoms with Gasteiger partial charge in [0.15, 0.2) is 6.10 Å². The number of phosphoric ester groups is 1. The fourth-order valence-electron chi connectivity index (χ4n) is 5.69. The van der Waals surface area contributed by atoms with Gasteiger partial charge in [-0.3, -0.25) is 18.6 Å². The molecule has 11 heteroatoms. The quantitative estimate of drug-likeness (QED) is 0.0235. The zero-order valence-corrected chi connectivity index (χ0v) is 36.7. The molecule has 0 aliphatic carbocycles. The highest BCUT2D eigenvalue weighted by molar-refractivity contribution is 7.47. The summed E-state index contributed by atoms with van der Waals surface area (Å²) in [7, 11) is -4.64. The average molecular weight is 825 g/mol. The fraction of sp³-hybridized carbons (Fsp3) is 0.739. The molecular formula is C46H81O10P. The summed E-state index contributed by atoms with van der Waals surface area (Å²) in [4.78, 5) is 34.9. The molecule has 0 amide bonds. The summed E-state index contributed by atoms with van der Waals surface area (Å²) in [6.45, 7) is 2.27. The molecular weight excluding hydrogens is 743 g/mol. The molecule has 57 heavy (non-hydrogen) atoms. The molecule has 330 valence electrons. The maximum atomic E-state index is 12.6. The second kappa shape index (κ2) is 41.8. The Kier molecular flexibility index (Phi) is 40.1. The van der Waals surface area contributed by atoms with Gasteiger partial charge < -0.3 is 24.6 Å². The molecule has 0 bridgehead atoms. The lowest BCUT2D eigenvalue weighted by molar-refractivity contribution is -0.161. The average Bonchev–Trinajstić information content (AvgIpc) is 3.20. The molecule has 10 nitrogen and oxygen atoms in total. The first-order chi connectivity index (χ1) is 27.7. The summed E-state index contributed by atoms with van der Waals surface area (Å²) >= 11 is 0. The molecule has 0 fully saturated rings. The van der Waals surface area contributed by atoms with Crippen molar-refractivity contribution >= 4 is 19.8 Å². The lowest BCUT2D eigenvalue weighted by Crippen LogP contribution is -2.29. The molecule has 0 heterocycles. The van der Waals surface area contributed by atoms with Crippen molar-refractivity contribution in [2.75, 3.05) is 26.4 Å². The van der Waals surface area contributed by atoms with E-state index in [1.165, 1.54) is 96.3 Å². The second-order valence-corrected chi connectivity index (χ2v) is 16.2. The summed E-state index contributed by atoms with van der Waals surface area (Å²) in [5.41, 5.74) is 0. The molecule has 0 rings (SSSR count). The van der Waals surface area contributed by atoms with Gasteiger partial charge in [0.2, 0.25) is 0 Å². The highest BCUT2D eigenvalue weighted by Crippen LogP contribution is 2.43. The smallest absolute Gasteiger partial charge is 0.462 e. The Balaban J connectivity index is 4.44. The van der Waals surface area contributed by atoms with E-state index in [2.05, 4.69) is 67.0 Å². The van der Waals surface area contributed by atoms with Crippen LogP contribution in [-0.4, -0.2) is 65.7 Å². The highest BCUT2D eigenvalue weighted by Gasteiger charge is 2.27. The van der Waals surface area contributed by atoms with Crippen molar-refractivity contribution in [1.29, 1.82) is 0 Å². The third-order valence-electron chi connectivity index (χ3n) is 9.14. The molecule has 0 radical (unpaired) electrons. The summed E-state index contributed by atoms with van der Waals surface area (Å²) < 4.78 is 32.6. The minimum absolute atomic E-state index is 0.102.